The van der Waals surface area contributed by atoms with E-state index < -0.39 is 53.6 Å². The van der Waals surface area contributed by atoms with Crippen LogP contribution in [0.4, 0.5) is 23.7 Å². The largest absolute Gasteiger partial charge is 0.445 e. The normalized spacial score (nSPS) is 22.7. The summed E-state index contributed by atoms with van der Waals surface area (Å²) in [5, 5.41) is 30.8. The van der Waals surface area contributed by atoms with Gasteiger partial charge in [0.1, 0.15) is 6.04 Å². The molecule has 1 aromatic heterocycles. The standard InChI is InChI=1S/C36H47N5O4.C14H9ClF3NO2/c1-36(2,3)39-35(45)31-24-40(22-26-12-9-15-37-21-26)16-17-41(31)23-29(42)19-28(18-25-10-5-4-6-11-25)34(44)38-33-30-14-8-7-13-27(30)20-32(33)43;15-9-3-4-11-10(7-9)13(14(16,17)18,21-12(20)19-11)6-5-8-1-2-8/h4-15,21,28-29,31-33,42-43H,16-20,22-24H2,1-3H3,(H,38,44)(H,39,45);3-4,7-8H,1-2H2,(H,19,20)/t28-,29+,31+,32-,33+;13-/m10/s1. The van der Waals surface area contributed by atoms with E-state index in [0.717, 1.165) is 47.7 Å². The summed E-state index contributed by atoms with van der Waals surface area (Å²) >= 11 is 5.78. The van der Waals surface area contributed by atoms with Crippen LogP contribution in [0.5, 0.6) is 0 Å². The van der Waals surface area contributed by atoms with Crippen LogP contribution in [0.25, 0.3) is 0 Å². The van der Waals surface area contributed by atoms with Gasteiger partial charge < -0.3 is 25.6 Å². The van der Waals surface area contributed by atoms with Gasteiger partial charge in [-0.3, -0.25) is 29.7 Å². The lowest BCUT2D eigenvalue weighted by Gasteiger charge is -2.42. The van der Waals surface area contributed by atoms with Gasteiger partial charge in [0.15, 0.2) is 0 Å². The first-order chi connectivity index (χ1) is 31.4. The summed E-state index contributed by atoms with van der Waals surface area (Å²) in [5.41, 5.74) is 0.405. The van der Waals surface area contributed by atoms with Gasteiger partial charge in [-0.15, -0.1) is 0 Å². The van der Waals surface area contributed by atoms with E-state index in [-0.39, 0.29) is 47.0 Å². The third-order valence-electron chi connectivity index (χ3n) is 12.0. The summed E-state index contributed by atoms with van der Waals surface area (Å²) in [7, 11) is 0. The van der Waals surface area contributed by atoms with Crippen LogP contribution in [0.2, 0.25) is 5.02 Å². The summed E-state index contributed by atoms with van der Waals surface area (Å²) in [6, 6.07) is 24.4. The molecule has 0 bridgehead atoms. The molecule has 12 nitrogen and oxygen atoms in total. The van der Waals surface area contributed by atoms with E-state index >= 15 is 0 Å². The van der Waals surface area contributed by atoms with Crippen LogP contribution in [-0.4, -0.2) is 99.0 Å². The number of carbonyl (C=O) groups excluding carboxylic acids is 3. The minimum atomic E-state index is -4.87. The maximum absolute atomic E-state index is 13.8. The number of nitrogens with zero attached hydrogens (tertiary/aromatic N) is 3. The van der Waals surface area contributed by atoms with Crippen molar-refractivity contribution in [1.29, 1.82) is 0 Å². The second-order valence-corrected chi connectivity index (χ2v) is 18.9. The van der Waals surface area contributed by atoms with Crippen LogP contribution in [-0.2, 0) is 39.3 Å². The van der Waals surface area contributed by atoms with Gasteiger partial charge in [0.25, 0.3) is 5.60 Å². The summed E-state index contributed by atoms with van der Waals surface area (Å²) in [6.07, 6.45) is -1.28. The average molecular weight is 929 g/mol. The molecule has 4 aromatic rings. The monoisotopic (exact) mass is 928 g/mol. The first-order valence-electron chi connectivity index (χ1n) is 22.2. The Labute approximate surface area is 388 Å². The molecule has 16 heteroatoms. The number of hydrogen-bond acceptors (Lipinski definition) is 9. The van der Waals surface area contributed by atoms with E-state index in [1.54, 1.807) is 6.20 Å². The molecule has 5 N–H and O–H groups in total. The van der Waals surface area contributed by atoms with Crippen molar-refractivity contribution in [1.82, 2.24) is 25.4 Å². The van der Waals surface area contributed by atoms with Gasteiger partial charge in [0, 0.05) is 79.5 Å². The molecule has 3 heterocycles. The maximum Gasteiger partial charge on any atom is 0.445 e. The van der Waals surface area contributed by atoms with E-state index in [0.29, 0.717) is 32.5 Å². The molecule has 1 saturated carbocycles. The topological polar surface area (TPSA) is 156 Å². The fraction of sp³-hybridized carbons (Fsp3) is 0.440. The maximum atomic E-state index is 13.8. The van der Waals surface area contributed by atoms with E-state index in [2.05, 4.69) is 47.3 Å². The van der Waals surface area contributed by atoms with Crippen LogP contribution in [0.3, 0.4) is 0 Å². The number of aromatic nitrogens is 1. The number of carbonyl (C=O) groups is 3. The number of pyridine rings is 1. The molecule has 0 unspecified atom stereocenters. The zero-order valence-electron chi connectivity index (χ0n) is 37.2. The number of alkyl halides is 3. The molecule has 1 saturated heterocycles. The number of halogens is 4. The summed E-state index contributed by atoms with van der Waals surface area (Å²) in [6.45, 7) is 8.74. The number of aliphatic hydroxyl groups is 2. The highest BCUT2D eigenvalue weighted by Gasteiger charge is 2.62. The van der Waals surface area contributed by atoms with Gasteiger partial charge in [-0.05, 0) is 98.9 Å². The van der Waals surface area contributed by atoms with Crippen molar-refractivity contribution < 1.29 is 42.5 Å². The molecule has 6 atom stereocenters. The van der Waals surface area contributed by atoms with Crippen molar-refractivity contribution in [2.24, 2.45) is 11.8 Å². The molecule has 0 radical (unpaired) electrons. The quantitative estimate of drug-likeness (QED) is 0.101. The van der Waals surface area contributed by atoms with Crippen molar-refractivity contribution in [3.63, 3.8) is 0 Å². The number of rotatable bonds is 11. The van der Waals surface area contributed by atoms with Crippen LogP contribution in [0, 0.1) is 23.7 Å². The number of piperazine rings is 1. The molecular formula is C50H56ClF3N6O6. The zero-order chi connectivity index (χ0) is 47.2. The minimum absolute atomic E-state index is 0.00179. The Kier molecular flexibility index (Phi) is 15.1. The summed E-state index contributed by atoms with van der Waals surface area (Å²) in [5.74, 6) is 3.82. The first-order valence-corrected chi connectivity index (χ1v) is 22.6. The number of amides is 3. The van der Waals surface area contributed by atoms with Gasteiger partial charge in [-0.25, -0.2) is 4.79 Å². The number of cyclic esters (lactones) is 1. The lowest BCUT2D eigenvalue weighted by Crippen LogP contribution is -2.61. The number of anilines is 1. The molecule has 3 amide bonds. The summed E-state index contributed by atoms with van der Waals surface area (Å²) < 4.78 is 45.4. The minimum Gasteiger partial charge on any atom is -0.415 e. The van der Waals surface area contributed by atoms with Gasteiger partial charge in [0.2, 0.25) is 11.8 Å². The van der Waals surface area contributed by atoms with E-state index in [9.17, 15) is 37.8 Å². The highest BCUT2D eigenvalue weighted by atomic mass is 35.5. The Morgan fingerprint density at radius 2 is 1.74 bits per heavy atom. The van der Waals surface area contributed by atoms with Gasteiger partial charge in [-0.2, -0.15) is 13.2 Å². The Morgan fingerprint density at radius 3 is 2.44 bits per heavy atom. The molecule has 2 aliphatic heterocycles. The molecule has 8 rings (SSSR count). The molecule has 350 valence electrons. The first kappa shape index (κ1) is 48.4. The van der Waals surface area contributed by atoms with Gasteiger partial charge in [0.05, 0.1) is 23.9 Å². The van der Waals surface area contributed by atoms with Crippen LogP contribution in [0.15, 0.2) is 97.3 Å². The SMILES string of the molecule is CC(C)(C)NC(=O)[C@@H]1CN(Cc2cccnc2)CCN1C[C@@H](O)C[C@@H](Cc1ccccc1)C(=O)N[C@H]1c2ccccc2C[C@H]1O.O=C1Nc2ccc(Cl)cc2[C@@](C#CC2CC2)(C(F)(F)F)O1. The Hall–Kier alpha value is -5.50. The van der Waals surface area contributed by atoms with Crippen LogP contribution >= 0.6 is 11.6 Å². The predicted molar refractivity (Wildman–Crippen MR) is 244 cm³/mol. The smallest absolute Gasteiger partial charge is 0.415 e. The van der Waals surface area contributed by atoms with E-state index in [1.165, 1.54) is 12.1 Å². The number of β-amino-alcohol motifs (C(OH)–C–C–N with tert-alkyl or cyclic N) is 1. The highest BCUT2D eigenvalue weighted by Crippen LogP contribution is 2.48. The lowest BCUT2D eigenvalue weighted by molar-refractivity contribution is -0.239. The molecule has 3 aromatic carbocycles. The van der Waals surface area contributed by atoms with Crippen molar-refractivity contribution >= 4 is 35.2 Å². The number of nitrogens with one attached hydrogen (secondary N) is 3. The highest BCUT2D eigenvalue weighted by molar-refractivity contribution is 6.30. The third kappa shape index (κ3) is 12.3. The molecular weight excluding hydrogens is 873 g/mol. The van der Waals surface area contributed by atoms with E-state index in [1.807, 2.05) is 93.7 Å². The van der Waals surface area contributed by atoms with Crippen LogP contribution in [0.1, 0.15) is 73.9 Å². The molecule has 4 aliphatic rings. The van der Waals surface area contributed by atoms with Crippen molar-refractivity contribution in [3.05, 3.63) is 130 Å². The zero-order valence-corrected chi connectivity index (χ0v) is 37.9. The fourth-order valence-electron chi connectivity index (χ4n) is 8.62. The van der Waals surface area contributed by atoms with Crippen molar-refractivity contribution in [2.45, 2.75) is 101 Å². The van der Waals surface area contributed by atoms with Crippen molar-refractivity contribution in [3.8, 4) is 11.8 Å². The second-order valence-electron chi connectivity index (χ2n) is 18.5. The Bertz CT molecular complexity index is 2410. The average Bonchev–Trinajstić information content (AvgIpc) is 4.05. The number of benzene rings is 3. The van der Waals surface area contributed by atoms with Crippen molar-refractivity contribution in [2.75, 3.05) is 31.5 Å². The van der Waals surface area contributed by atoms with E-state index in [4.69, 9.17) is 11.6 Å². The summed E-state index contributed by atoms with van der Waals surface area (Å²) in [4.78, 5) is 47.4. The molecule has 0 spiro atoms. The number of ether oxygens (including phenoxy) is 1. The number of aliphatic hydroxyl groups excluding tert-OH is 2. The molecule has 2 fully saturated rings. The Balaban J connectivity index is 0.000000256. The van der Waals surface area contributed by atoms with Gasteiger partial charge in [-0.1, -0.05) is 78.2 Å². The number of fused-ring (bicyclic) bond motifs is 2. The molecule has 66 heavy (non-hydrogen) atoms. The third-order valence-corrected chi connectivity index (χ3v) is 12.2. The second kappa shape index (κ2) is 20.6. The lowest BCUT2D eigenvalue weighted by atomic mass is 9.90. The van der Waals surface area contributed by atoms with Crippen LogP contribution < -0.4 is 16.0 Å². The van der Waals surface area contributed by atoms with Gasteiger partial charge >= 0.3 is 12.3 Å². The Morgan fingerprint density at radius 1 is 1.02 bits per heavy atom. The predicted octanol–water partition coefficient (Wildman–Crippen LogP) is 6.94. The molecule has 2 aliphatic carbocycles. The number of hydrogen-bond donors (Lipinski definition) is 5. The fourth-order valence-corrected chi connectivity index (χ4v) is 8.79.